The SMILES string of the molecule is N[C@@H](CO)c1cc(F)ccc1C(F)(F)F. The molecule has 6 heteroatoms. The van der Waals surface area contributed by atoms with Crippen molar-refractivity contribution in [3.63, 3.8) is 0 Å². The van der Waals surface area contributed by atoms with Gasteiger partial charge in [-0.15, -0.1) is 0 Å². The molecule has 2 nitrogen and oxygen atoms in total. The molecule has 15 heavy (non-hydrogen) atoms. The summed E-state index contributed by atoms with van der Waals surface area (Å²) in [5.74, 6) is -0.818. The zero-order chi connectivity index (χ0) is 11.6. The average Bonchev–Trinajstić information content (AvgIpc) is 2.14. The molecule has 0 aliphatic carbocycles. The summed E-state index contributed by atoms with van der Waals surface area (Å²) in [6.07, 6.45) is -4.60. The number of nitrogens with two attached hydrogens (primary N) is 1. The largest absolute Gasteiger partial charge is 0.416 e. The second-order valence-electron chi connectivity index (χ2n) is 3.02. The normalized spacial score (nSPS) is 14.0. The van der Waals surface area contributed by atoms with E-state index in [9.17, 15) is 17.6 Å². The van der Waals surface area contributed by atoms with Gasteiger partial charge in [-0.05, 0) is 23.8 Å². The van der Waals surface area contributed by atoms with Crippen LogP contribution in [-0.2, 0) is 6.18 Å². The number of hydrogen-bond donors (Lipinski definition) is 2. The van der Waals surface area contributed by atoms with Gasteiger partial charge in [0.05, 0.1) is 18.2 Å². The molecule has 1 aromatic carbocycles. The number of aliphatic hydroxyl groups is 1. The fourth-order valence-electron chi connectivity index (χ4n) is 1.20. The third-order valence-electron chi connectivity index (χ3n) is 1.92. The molecule has 0 bridgehead atoms. The first-order valence-corrected chi connectivity index (χ1v) is 4.09. The summed E-state index contributed by atoms with van der Waals surface area (Å²) in [5, 5.41) is 8.65. The first-order valence-electron chi connectivity index (χ1n) is 4.09. The quantitative estimate of drug-likeness (QED) is 0.751. The van der Waals surface area contributed by atoms with Gasteiger partial charge in [0, 0.05) is 0 Å². The molecule has 0 unspecified atom stereocenters. The van der Waals surface area contributed by atoms with Gasteiger partial charge < -0.3 is 10.8 Å². The fraction of sp³-hybridized carbons (Fsp3) is 0.333. The molecule has 3 N–H and O–H groups in total. The van der Waals surface area contributed by atoms with Crippen LogP contribution in [0.25, 0.3) is 0 Å². The third kappa shape index (κ3) is 2.66. The Morgan fingerprint density at radius 2 is 1.93 bits per heavy atom. The highest BCUT2D eigenvalue weighted by Gasteiger charge is 2.34. The van der Waals surface area contributed by atoms with Crippen LogP contribution >= 0.6 is 0 Å². The maximum absolute atomic E-state index is 12.7. The Kier molecular flexibility index (Phi) is 3.31. The lowest BCUT2D eigenvalue weighted by Crippen LogP contribution is -2.20. The number of aliphatic hydroxyl groups excluding tert-OH is 1. The summed E-state index contributed by atoms with van der Waals surface area (Å²) >= 11 is 0. The molecular weight excluding hydrogens is 214 g/mol. The second kappa shape index (κ2) is 4.16. The van der Waals surface area contributed by atoms with E-state index in [1.54, 1.807) is 0 Å². The van der Waals surface area contributed by atoms with E-state index in [0.29, 0.717) is 18.2 Å². The molecule has 0 aromatic heterocycles. The molecule has 0 aliphatic rings. The van der Waals surface area contributed by atoms with Gasteiger partial charge in [-0.1, -0.05) is 0 Å². The molecule has 0 spiro atoms. The fourth-order valence-corrected chi connectivity index (χ4v) is 1.20. The van der Waals surface area contributed by atoms with Crippen LogP contribution in [0.4, 0.5) is 17.6 Å². The summed E-state index contributed by atoms with van der Waals surface area (Å²) in [4.78, 5) is 0. The van der Waals surface area contributed by atoms with Gasteiger partial charge in [-0.25, -0.2) is 4.39 Å². The summed E-state index contributed by atoms with van der Waals surface area (Å²) in [6.45, 7) is -0.674. The van der Waals surface area contributed by atoms with Crippen molar-refractivity contribution in [3.8, 4) is 0 Å². The van der Waals surface area contributed by atoms with Crippen molar-refractivity contribution in [2.24, 2.45) is 5.73 Å². The van der Waals surface area contributed by atoms with Gasteiger partial charge in [0.15, 0.2) is 0 Å². The Hall–Kier alpha value is -1.14. The predicted octanol–water partition coefficient (Wildman–Crippen LogP) is 1.84. The predicted molar refractivity (Wildman–Crippen MR) is 45.4 cm³/mol. The van der Waals surface area contributed by atoms with E-state index >= 15 is 0 Å². The number of rotatable bonds is 2. The maximum Gasteiger partial charge on any atom is 0.416 e. The Balaban J connectivity index is 3.27. The minimum Gasteiger partial charge on any atom is -0.394 e. The number of benzene rings is 1. The molecule has 1 rings (SSSR count). The lowest BCUT2D eigenvalue weighted by Gasteiger charge is -2.16. The monoisotopic (exact) mass is 223 g/mol. The van der Waals surface area contributed by atoms with Crippen molar-refractivity contribution in [3.05, 3.63) is 35.1 Å². The van der Waals surface area contributed by atoms with Crippen molar-refractivity contribution >= 4 is 0 Å². The highest BCUT2D eigenvalue weighted by atomic mass is 19.4. The highest BCUT2D eigenvalue weighted by Crippen LogP contribution is 2.34. The van der Waals surface area contributed by atoms with Crippen molar-refractivity contribution in [1.82, 2.24) is 0 Å². The van der Waals surface area contributed by atoms with E-state index < -0.39 is 35.8 Å². The lowest BCUT2D eigenvalue weighted by atomic mass is 10.0. The van der Waals surface area contributed by atoms with Crippen molar-refractivity contribution in [1.29, 1.82) is 0 Å². The van der Waals surface area contributed by atoms with Crippen LogP contribution in [0, 0.1) is 5.82 Å². The molecule has 0 amide bonds. The van der Waals surface area contributed by atoms with E-state index in [4.69, 9.17) is 10.8 Å². The molecular formula is C9H9F4NO. The summed E-state index contributed by atoms with van der Waals surface area (Å²) < 4.78 is 50.0. The zero-order valence-corrected chi connectivity index (χ0v) is 7.55. The second-order valence-corrected chi connectivity index (χ2v) is 3.02. The lowest BCUT2D eigenvalue weighted by molar-refractivity contribution is -0.138. The summed E-state index contributed by atoms with van der Waals surface area (Å²) in [6, 6.07) is 0.762. The molecule has 0 heterocycles. The van der Waals surface area contributed by atoms with E-state index in [0.717, 1.165) is 0 Å². The van der Waals surface area contributed by atoms with Gasteiger partial charge in [0.2, 0.25) is 0 Å². The van der Waals surface area contributed by atoms with Crippen LogP contribution in [0.1, 0.15) is 17.2 Å². The Morgan fingerprint density at radius 1 is 1.33 bits per heavy atom. The van der Waals surface area contributed by atoms with Crippen LogP contribution in [0.2, 0.25) is 0 Å². The molecule has 0 saturated heterocycles. The molecule has 0 fully saturated rings. The van der Waals surface area contributed by atoms with E-state index in [1.807, 2.05) is 0 Å². The Bertz CT molecular complexity index is 350. The third-order valence-corrected chi connectivity index (χ3v) is 1.92. The molecule has 1 aromatic rings. The van der Waals surface area contributed by atoms with Crippen LogP contribution in [0.5, 0.6) is 0 Å². The standard InChI is InChI=1S/C9H9F4NO/c10-5-1-2-7(9(11,12)13)6(3-5)8(14)4-15/h1-3,8,15H,4,14H2/t8-/m0/s1. The van der Waals surface area contributed by atoms with Crippen molar-refractivity contribution in [2.75, 3.05) is 6.61 Å². The summed E-state index contributed by atoms with van der Waals surface area (Å²) in [7, 11) is 0. The first kappa shape index (κ1) is 11.9. The summed E-state index contributed by atoms with van der Waals surface area (Å²) in [5.41, 5.74) is 3.78. The van der Waals surface area contributed by atoms with Gasteiger partial charge in [0.25, 0.3) is 0 Å². The molecule has 84 valence electrons. The van der Waals surface area contributed by atoms with Crippen LogP contribution in [0.3, 0.4) is 0 Å². The van der Waals surface area contributed by atoms with Crippen molar-refractivity contribution in [2.45, 2.75) is 12.2 Å². The minimum atomic E-state index is -4.60. The van der Waals surface area contributed by atoms with Crippen molar-refractivity contribution < 1.29 is 22.7 Å². The number of hydrogen-bond acceptors (Lipinski definition) is 2. The Morgan fingerprint density at radius 3 is 2.40 bits per heavy atom. The van der Waals surface area contributed by atoms with E-state index in [2.05, 4.69) is 0 Å². The highest BCUT2D eigenvalue weighted by molar-refractivity contribution is 5.32. The zero-order valence-electron chi connectivity index (χ0n) is 7.55. The van der Waals surface area contributed by atoms with Crippen LogP contribution in [0.15, 0.2) is 18.2 Å². The van der Waals surface area contributed by atoms with Crippen LogP contribution in [-0.4, -0.2) is 11.7 Å². The van der Waals surface area contributed by atoms with Gasteiger partial charge in [-0.2, -0.15) is 13.2 Å². The van der Waals surface area contributed by atoms with E-state index in [-0.39, 0.29) is 0 Å². The smallest absolute Gasteiger partial charge is 0.394 e. The topological polar surface area (TPSA) is 46.2 Å². The van der Waals surface area contributed by atoms with E-state index in [1.165, 1.54) is 0 Å². The number of alkyl halides is 3. The van der Waals surface area contributed by atoms with Gasteiger partial charge >= 0.3 is 6.18 Å². The number of halogens is 4. The molecule has 0 saturated carbocycles. The Labute approximate surface area is 83.3 Å². The average molecular weight is 223 g/mol. The van der Waals surface area contributed by atoms with Crippen LogP contribution < -0.4 is 5.73 Å². The first-order chi connectivity index (χ1) is 6.86. The van der Waals surface area contributed by atoms with Gasteiger partial charge in [0.1, 0.15) is 5.82 Å². The minimum absolute atomic E-state index is 0.440. The van der Waals surface area contributed by atoms with Gasteiger partial charge in [-0.3, -0.25) is 0 Å². The molecule has 0 radical (unpaired) electrons. The molecule has 0 aliphatic heterocycles. The maximum atomic E-state index is 12.7. The molecule has 1 atom stereocenters.